The van der Waals surface area contributed by atoms with E-state index in [4.69, 9.17) is 0 Å². The third kappa shape index (κ3) is 3.98. The minimum atomic E-state index is -0.193. The molecule has 0 bridgehead atoms. The summed E-state index contributed by atoms with van der Waals surface area (Å²) < 4.78 is 13.1. The number of likely N-dealkylation sites (tertiary alicyclic amines) is 1. The topological polar surface area (TPSA) is 26.8 Å². The monoisotopic (exact) mass is 367 g/mol. The lowest BCUT2D eigenvalue weighted by Crippen LogP contribution is -2.51. The average molecular weight is 367 g/mol. The highest BCUT2D eigenvalue weighted by atomic mass is 19.1. The molecule has 27 heavy (non-hydrogen) atoms. The van der Waals surface area contributed by atoms with Gasteiger partial charge in [0.2, 0.25) is 0 Å². The number of anilines is 1. The lowest BCUT2D eigenvalue weighted by atomic mass is 10.1. The number of halogens is 1. The fourth-order valence-corrected chi connectivity index (χ4v) is 4.10. The fourth-order valence-electron chi connectivity index (χ4n) is 4.10. The molecule has 0 aromatic heterocycles. The van der Waals surface area contributed by atoms with Crippen LogP contribution in [-0.4, -0.2) is 61.0 Å². The highest BCUT2D eigenvalue weighted by Gasteiger charge is 2.32. The van der Waals surface area contributed by atoms with Gasteiger partial charge in [-0.3, -0.25) is 9.69 Å². The summed E-state index contributed by atoms with van der Waals surface area (Å²) in [4.78, 5) is 19.5. The molecule has 1 amide bonds. The molecule has 0 unspecified atom stereocenters. The zero-order valence-electron chi connectivity index (χ0n) is 15.8. The van der Waals surface area contributed by atoms with Crippen molar-refractivity contribution in [1.82, 2.24) is 9.80 Å². The Balaban J connectivity index is 1.31. The van der Waals surface area contributed by atoms with E-state index in [0.29, 0.717) is 6.04 Å². The molecule has 0 radical (unpaired) electrons. The first-order chi connectivity index (χ1) is 13.1. The molecule has 2 aromatic carbocycles. The summed E-state index contributed by atoms with van der Waals surface area (Å²) in [6, 6.07) is 15.0. The van der Waals surface area contributed by atoms with Gasteiger partial charge in [0.1, 0.15) is 5.82 Å². The molecule has 0 saturated carbocycles. The van der Waals surface area contributed by atoms with E-state index in [2.05, 4.69) is 9.80 Å². The van der Waals surface area contributed by atoms with Crippen molar-refractivity contribution < 1.29 is 9.18 Å². The SMILES string of the molecule is Cc1ccc(C(=O)N2CC[C@H](N3CCN(c4ccc(F)cc4)CC3)C2)cc1. The van der Waals surface area contributed by atoms with E-state index >= 15 is 0 Å². The summed E-state index contributed by atoms with van der Waals surface area (Å²) in [6.07, 6.45) is 1.04. The quantitative estimate of drug-likeness (QED) is 0.834. The predicted octanol–water partition coefficient (Wildman–Crippen LogP) is 3.17. The van der Waals surface area contributed by atoms with Crippen molar-refractivity contribution in [3.05, 3.63) is 65.5 Å². The molecule has 2 aliphatic rings. The maximum absolute atomic E-state index is 13.1. The number of hydrogen-bond acceptors (Lipinski definition) is 3. The summed E-state index contributed by atoms with van der Waals surface area (Å²) in [5.41, 5.74) is 3.03. The predicted molar refractivity (Wildman–Crippen MR) is 106 cm³/mol. The summed E-state index contributed by atoms with van der Waals surface area (Å²) >= 11 is 0. The van der Waals surface area contributed by atoms with Gasteiger partial charge in [0.15, 0.2) is 0 Å². The second kappa shape index (κ2) is 7.69. The van der Waals surface area contributed by atoms with Crippen molar-refractivity contribution in [2.24, 2.45) is 0 Å². The molecule has 0 spiro atoms. The van der Waals surface area contributed by atoms with Gasteiger partial charge < -0.3 is 9.80 Å². The number of nitrogens with zero attached hydrogens (tertiary/aromatic N) is 3. The summed E-state index contributed by atoms with van der Waals surface area (Å²) in [6.45, 7) is 7.51. The lowest BCUT2D eigenvalue weighted by molar-refractivity contribution is 0.0775. The molecule has 0 aliphatic carbocycles. The summed E-state index contributed by atoms with van der Waals surface area (Å²) in [5, 5.41) is 0. The standard InChI is InChI=1S/C22H26FN3O/c1-17-2-4-18(5-3-17)22(27)26-11-10-21(16-26)25-14-12-24(13-15-25)20-8-6-19(23)7-9-20/h2-9,21H,10-16H2,1H3/t21-/m0/s1. The van der Waals surface area contributed by atoms with Crippen LogP contribution in [0.25, 0.3) is 0 Å². The molecular weight excluding hydrogens is 341 g/mol. The molecule has 2 heterocycles. The minimum absolute atomic E-state index is 0.141. The molecular formula is C22H26FN3O. The zero-order chi connectivity index (χ0) is 18.8. The number of rotatable bonds is 3. The van der Waals surface area contributed by atoms with E-state index in [1.807, 2.05) is 48.2 Å². The van der Waals surface area contributed by atoms with Gasteiger partial charge in [0, 0.05) is 56.6 Å². The van der Waals surface area contributed by atoms with Crippen LogP contribution >= 0.6 is 0 Å². The fraction of sp³-hybridized carbons (Fsp3) is 0.409. The van der Waals surface area contributed by atoms with Crippen molar-refractivity contribution in [2.75, 3.05) is 44.2 Å². The Morgan fingerprint density at radius 3 is 2.26 bits per heavy atom. The van der Waals surface area contributed by atoms with Crippen LogP contribution in [0.15, 0.2) is 48.5 Å². The molecule has 0 N–H and O–H groups in total. The molecule has 2 aromatic rings. The summed E-state index contributed by atoms with van der Waals surface area (Å²) in [5.74, 6) is -0.0517. The van der Waals surface area contributed by atoms with Crippen molar-refractivity contribution in [3.63, 3.8) is 0 Å². The molecule has 2 saturated heterocycles. The van der Waals surface area contributed by atoms with E-state index in [9.17, 15) is 9.18 Å². The van der Waals surface area contributed by atoms with Crippen molar-refractivity contribution in [2.45, 2.75) is 19.4 Å². The number of carbonyl (C=O) groups is 1. The van der Waals surface area contributed by atoms with Crippen LogP contribution in [0.5, 0.6) is 0 Å². The molecule has 4 rings (SSSR count). The normalized spacial score (nSPS) is 20.9. The van der Waals surface area contributed by atoms with Gasteiger partial charge >= 0.3 is 0 Å². The van der Waals surface area contributed by atoms with Crippen LogP contribution in [0.1, 0.15) is 22.3 Å². The van der Waals surface area contributed by atoms with Gasteiger partial charge in [-0.15, -0.1) is 0 Å². The van der Waals surface area contributed by atoms with E-state index < -0.39 is 0 Å². The van der Waals surface area contributed by atoms with Gasteiger partial charge in [0.05, 0.1) is 0 Å². The maximum Gasteiger partial charge on any atom is 0.253 e. The van der Waals surface area contributed by atoms with Crippen molar-refractivity contribution in [1.29, 1.82) is 0 Å². The molecule has 1 atom stereocenters. The Morgan fingerprint density at radius 1 is 0.926 bits per heavy atom. The Labute approximate surface area is 160 Å². The molecule has 4 nitrogen and oxygen atoms in total. The Bertz CT molecular complexity index is 782. The second-order valence-corrected chi connectivity index (χ2v) is 7.56. The van der Waals surface area contributed by atoms with Crippen LogP contribution in [0.4, 0.5) is 10.1 Å². The Hall–Kier alpha value is -2.40. The van der Waals surface area contributed by atoms with Gasteiger partial charge in [-0.25, -0.2) is 4.39 Å². The van der Waals surface area contributed by atoms with Crippen molar-refractivity contribution >= 4 is 11.6 Å². The smallest absolute Gasteiger partial charge is 0.253 e. The van der Waals surface area contributed by atoms with Gasteiger partial charge in [-0.2, -0.15) is 0 Å². The summed E-state index contributed by atoms with van der Waals surface area (Å²) in [7, 11) is 0. The van der Waals surface area contributed by atoms with Crippen LogP contribution in [-0.2, 0) is 0 Å². The number of hydrogen-bond donors (Lipinski definition) is 0. The van der Waals surface area contributed by atoms with Crippen LogP contribution in [0, 0.1) is 12.7 Å². The second-order valence-electron chi connectivity index (χ2n) is 7.56. The van der Waals surface area contributed by atoms with Crippen LogP contribution in [0.3, 0.4) is 0 Å². The lowest BCUT2D eigenvalue weighted by Gasteiger charge is -2.39. The van der Waals surface area contributed by atoms with E-state index in [0.717, 1.165) is 56.9 Å². The van der Waals surface area contributed by atoms with Gasteiger partial charge in [-0.1, -0.05) is 17.7 Å². The highest BCUT2D eigenvalue weighted by molar-refractivity contribution is 5.94. The highest BCUT2D eigenvalue weighted by Crippen LogP contribution is 2.22. The van der Waals surface area contributed by atoms with E-state index in [-0.39, 0.29) is 11.7 Å². The molecule has 2 fully saturated rings. The minimum Gasteiger partial charge on any atom is -0.369 e. The van der Waals surface area contributed by atoms with Crippen LogP contribution in [0.2, 0.25) is 0 Å². The molecule has 5 heteroatoms. The number of amides is 1. The molecule has 2 aliphatic heterocycles. The first kappa shape index (κ1) is 18.0. The largest absolute Gasteiger partial charge is 0.369 e. The molecule has 142 valence electrons. The first-order valence-electron chi connectivity index (χ1n) is 9.71. The third-order valence-corrected chi connectivity index (χ3v) is 5.77. The van der Waals surface area contributed by atoms with E-state index in [1.165, 1.54) is 17.7 Å². The zero-order valence-corrected chi connectivity index (χ0v) is 15.8. The Kier molecular flexibility index (Phi) is 5.12. The maximum atomic E-state index is 13.1. The first-order valence-corrected chi connectivity index (χ1v) is 9.71. The van der Waals surface area contributed by atoms with Crippen molar-refractivity contribution in [3.8, 4) is 0 Å². The number of piperazine rings is 1. The number of aryl methyl sites for hydroxylation is 1. The Morgan fingerprint density at radius 2 is 1.59 bits per heavy atom. The van der Waals surface area contributed by atoms with Crippen LogP contribution < -0.4 is 4.90 Å². The van der Waals surface area contributed by atoms with E-state index in [1.54, 1.807) is 0 Å². The van der Waals surface area contributed by atoms with Gasteiger partial charge in [-0.05, 0) is 49.7 Å². The van der Waals surface area contributed by atoms with Gasteiger partial charge in [0.25, 0.3) is 5.91 Å². The third-order valence-electron chi connectivity index (χ3n) is 5.77. The average Bonchev–Trinajstić information content (AvgIpc) is 3.19. The number of benzene rings is 2. The number of carbonyl (C=O) groups excluding carboxylic acids is 1.